The average Bonchev–Trinajstić information content (AvgIpc) is 2.63. The molecule has 3 rings (SSSR count). The second-order valence-electron chi connectivity index (χ2n) is 4.55. The zero-order valence-corrected chi connectivity index (χ0v) is 10.8. The van der Waals surface area contributed by atoms with E-state index in [0.29, 0.717) is 4.90 Å². The first kappa shape index (κ1) is 11.7. The molecular formula is C14H15NO2S. The van der Waals surface area contributed by atoms with E-state index in [2.05, 4.69) is 4.72 Å². The zero-order valence-electron chi connectivity index (χ0n) is 10.00. The van der Waals surface area contributed by atoms with Crippen molar-refractivity contribution in [1.29, 1.82) is 0 Å². The van der Waals surface area contributed by atoms with E-state index in [9.17, 15) is 9.11 Å². The predicted molar refractivity (Wildman–Crippen MR) is 73.7 cm³/mol. The number of hydrogen-bond donors (Lipinski definition) is 3. The second kappa shape index (κ2) is 4.10. The van der Waals surface area contributed by atoms with Crippen LogP contribution in [-0.4, -0.2) is 9.11 Å². The fourth-order valence-corrected chi connectivity index (χ4v) is 3.78. The standard InChI is InChI=1S/C14H15NO2S/c1-10-6-8-11(9-7-10)14-12-4-2-3-5-13(12)18(16,17)15-14/h2-9,14-17H,1H3. The van der Waals surface area contributed by atoms with Gasteiger partial charge in [-0.15, -0.1) is 10.8 Å². The first-order valence-electron chi connectivity index (χ1n) is 5.79. The largest absolute Gasteiger partial charge is 0.281 e. The molecule has 3 N–H and O–H groups in total. The van der Waals surface area contributed by atoms with Crippen molar-refractivity contribution >= 4 is 10.8 Å². The minimum Gasteiger partial charge on any atom is -0.281 e. The summed E-state index contributed by atoms with van der Waals surface area (Å²) in [5, 5.41) is 0. The van der Waals surface area contributed by atoms with Gasteiger partial charge in [-0.3, -0.25) is 9.11 Å². The van der Waals surface area contributed by atoms with Gasteiger partial charge in [0.2, 0.25) is 0 Å². The van der Waals surface area contributed by atoms with Gasteiger partial charge in [-0.05, 0) is 24.1 Å². The van der Waals surface area contributed by atoms with E-state index in [1.807, 2.05) is 49.4 Å². The summed E-state index contributed by atoms with van der Waals surface area (Å²) in [5.41, 5.74) is 3.18. The maximum Gasteiger partial charge on any atom is 0.0802 e. The van der Waals surface area contributed by atoms with Crippen LogP contribution in [0.3, 0.4) is 0 Å². The number of aryl methyl sites for hydroxylation is 1. The van der Waals surface area contributed by atoms with Crippen molar-refractivity contribution in [3.63, 3.8) is 0 Å². The molecule has 4 heteroatoms. The molecule has 0 saturated carbocycles. The van der Waals surface area contributed by atoms with Gasteiger partial charge >= 0.3 is 0 Å². The van der Waals surface area contributed by atoms with Crippen molar-refractivity contribution in [3.8, 4) is 0 Å². The van der Waals surface area contributed by atoms with Gasteiger partial charge < -0.3 is 0 Å². The van der Waals surface area contributed by atoms with Crippen molar-refractivity contribution in [3.05, 3.63) is 65.2 Å². The molecule has 0 fully saturated rings. The van der Waals surface area contributed by atoms with E-state index >= 15 is 0 Å². The first-order chi connectivity index (χ1) is 8.58. The molecule has 0 saturated heterocycles. The highest BCUT2D eigenvalue weighted by Gasteiger charge is 2.34. The Hall–Kier alpha value is -1.33. The van der Waals surface area contributed by atoms with Gasteiger partial charge in [0.15, 0.2) is 0 Å². The maximum atomic E-state index is 10.1. The maximum absolute atomic E-state index is 10.1. The Morgan fingerprint density at radius 1 is 1.00 bits per heavy atom. The lowest BCUT2D eigenvalue weighted by Crippen LogP contribution is -2.17. The van der Waals surface area contributed by atoms with Gasteiger partial charge in [0.1, 0.15) is 0 Å². The normalized spacial score (nSPS) is 22.5. The van der Waals surface area contributed by atoms with Crippen LogP contribution in [0.15, 0.2) is 53.4 Å². The number of fused-ring (bicyclic) bond motifs is 1. The molecular weight excluding hydrogens is 246 g/mol. The summed E-state index contributed by atoms with van der Waals surface area (Å²) < 4.78 is 23.0. The van der Waals surface area contributed by atoms with Gasteiger partial charge in [0.05, 0.1) is 10.9 Å². The third-order valence-electron chi connectivity index (χ3n) is 3.23. The van der Waals surface area contributed by atoms with E-state index in [1.165, 1.54) is 5.56 Å². The minimum absolute atomic E-state index is 0.146. The van der Waals surface area contributed by atoms with E-state index in [1.54, 1.807) is 6.07 Å². The molecule has 2 aromatic rings. The molecule has 18 heavy (non-hydrogen) atoms. The van der Waals surface area contributed by atoms with Gasteiger partial charge in [-0.25, -0.2) is 4.72 Å². The molecule has 0 aromatic heterocycles. The lowest BCUT2D eigenvalue weighted by Gasteiger charge is -2.28. The first-order valence-corrected chi connectivity index (χ1v) is 7.33. The van der Waals surface area contributed by atoms with Crippen molar-refractivity contribution in [2.75, 3.05) is 0 Å². The Balaban J connectivity index is 2.08. The molecule has 0 amide bonds. The molecule has 1 unspecified atom stereocenters. The third kappa shape index (κ3) is 1.83. The predicted octanol–water partition coefficient (Wildman–Crippen LogP) is 3.71. The number of nitrogens with one attached hydrogen (secondary N) is 1. The molecule has 1 heterocycles. The second-order valence-corrected chi connectivity index (χ2v) is 6.32. The molecule has 2 aromatic carbocycles. The molecule has 1 atom stereocenters. The average molecular weight is 261 g/mol. The highest BCUT2D eigenvalue weighted by atomic mass is 32.3. The lowest BCUT2D eigenvalue weighted by atomic mass is 9.99. The molecule has 0 aliphatic carbocycles. The Kier molecular flexibility index (Phi) is 2.68. The Labute approximate surface area is 108 Å². The summed E-state index contributed by atoms with van der Waals surface area (Å²) in [5.74, 6) is 0. The van der Waals surface area contributed by atoms with Crippen LogP contribution in [0.4, 0.5) is 0 Å². The molecule has 1 aliphatic rings. The summed E-state index contributed by atoms with van der Waals surface area (Å²) in [7, 11) is -2.86. The Bertz CT molecular complexity index is 581. The monoisotopic (exact) mass is 261 g/mol. The van der Waals surface area contributed by atoms with Gasteiger partial charge in [-0.2, -0.15) is 0 Å². The molecule has 3 nitrogen and oxygen atoms in total. The Morgan fingerprint density at radius 2 is 1.67 bits per heavy atom. The molecule has 0 radical (unpaired) electrons. The van der Waals surface area contributed by atoms with Crippen LogP contribution in [0.2, 0.25) is 0 Å². The van der Waals surface area contributed by atoms with Crippen molar-refractivity contribution in [2.24, 2.45) is 0 Å². The van der Waals surface area contributed by atoms with Crippen LogP contribution in [0.1, 0.15) is 22.7 Å². The zero-order chi connectivity index (χ0) is 12.8. The van der Waals surface area contributed by atoms with Crippen molar-refractivity contribution < 1.29 is 9.11 Å². The van der Waals surface area contributed by atoms with E-state index in [-0.39, 0.29) is 6.04 Å². The highest BCUT2D eigenvalue weighted by Crippen LogP contribution is 2.55. The van der Waals surface area contributed by atoms with Gasteiger partial charge in [-0.1, -0.05) is 48.0 Å². The van der Waals surface area contributed by atoms with Crippen LogP contribution in [0, 0.1) is 6.92 Å². The van der Waals surface area contributed by atoms with Crippen LogP contribution in [0.5, 0.6) is 0 Å². The van der Waals surface area contributed by atoms with Crippen molar-refractivity contribution in [1.82, 2.24) is 4.72 Å². The number of rotatable bonds is 1. The molecule has 94 valence electrons. The van der Waals surface area contributed by atoms with Gasteiger partial charge in [0.25, 0.3) is 0 Å². The Morgan fingerprint density at radius 3 is 2.39 bits per heavy atom. The van der Waals surface area contributed by atoms with Gasteiger partial charge in [0, 0.05) is 0 Å². The van der Waals surface area contributed by atoms with Crippen LogP contribution in [0.25, 0.3) is 0 Å². The fourth-order valence-electron chi connectivity index (χ4n) is 2.28. The smallest absolute Gasteiger partial charge is 0.0802 e. The summed E-state index contributed by atoms with van der Waals surface area (Å²) in [4.78, 5) is 0.607. The topological polar surface area (TPSA) is 52.5 Å². The van der Waals surface area contributed by atoms with E-state index < -0.39 is 10.8 Å². The minimum atomic E-state index is -2.86. The number of benzene rings is 2. The molecule has 0 bridgehead atoms. The number of hydrogen-bond acceptors (Lipinski definition) is 3. The summed E-state index contributed by atoms with van der Waals surface area (Å²) in [6, 6.07) is 15.4. The quantitative estimate of drug-likeness (QED) is 0.733. The van der Waals surface area contributed by atoms with E-state index in [0.717, 1.165) is 11.1 Å². The van der Waals surface area contributed by atoms with E-state index in [4.69, 9.17) is 0 Å². The highest BCUT2D eigenvalue weighted by molar-refractivity contribution is 8.23. The van der Waals surface area contributed by atoms with Crippen LogP contribution >= 0.6 is 10.8 Å². The van der Waals surface area contributed by atoms with Crippen LogP contribution in [-0.2, 0) is 0 Å². The summed E-state index contributed by atoms with van der Waals surface area (Å²) in [6.45, 7) is 2.04. The summed E-state index contributed by atoms with van der Waals surface area (Å²) in [6.07, 6.45) is 0. The SMILES string of the molecule is Cc1ccc(C2NS(O)(O)c3ccccc32)cc1. The third-order valence-corrected chi connectivity index (χ3v) is 4.78. The fraction of sp³-hybridized carbons (Fsp3) is 0.143. The van der Waals surface area contributed by atoms with Crippen molar-refractivity contribution in [2.45, 2.75) is 17.9 Å². The van der Waals surface area contributed by atoms with Crippen LogP contribution < -0.4 is 4.72 Å². The molecule has 0 spiro atoms. The lowest BCUT2D eigenvalue weighted by molar-refractivity contribution is 0.475. The molecule has 1 aliphatic heterocycles. The summed E-state index contributed by atoms with van der Waals surface area (Å²) >= 11 is 0.